The van der Waals surface area contributed by atoms with Crippen molar-refractivity contribution >= 4 is 5.97 Å². The van der Waals surface area contributed by atoms with E-state index in [2.05, 4.69) is 4.74 Å². The van der Waals surface area contributed by atoms with Gasteiger partial charge in [-0.15, -0.1) is 0 Å². The molecule has 0 aromatic heterocycles. The zero-order chi connectivity index (χ0) is 13.4. The molecule has 0 unspecified atom stereocenters. The number of methoxy groups -OCH3 is 1. The first-order valence-electron chi connectivity index (χ1n) is 5.71. The summed E-state index contributed by atoms with van der Waals surface area (Å²) in [5.41, 5.74) is 0.590. The van der Waals surface area contributed by atoms with Gasteiger partial charge in [-0.3, -0.25) is 0 Å². The first-order valence-corrected chi connectivity index (χ1v) is 5.71. The molecule has 0 heterocycles. The second-order valence-corrected chi connectivity index (χ2v) is 3.56. The summed E-state index contributed by atoms with van der Waals surface area (Å²) in [5, 5.41) is 0. The number of ether oxygens (including phenoxy) is 3. The molecule has 0 atom stereocenters. The highest BCUT2D eigenvalue weighted by molar-refractivity contribution is 5.89. The summed E-state index contributed by atoms with van der Waals surface area (Å²) in [7, 11) is 1.21. The molecule has 18 heavy (non-hydrogen) atoms. The molecule has 100 valence electrons. The van der Waals surface area contributed by atoms with Crippen molar-refractivity contribution < 1.29 is 23.4 Å². The quantitative estimate of drug-likeness (QED) is 0.554. The Morgan fingerprint density at radius 2 is 2.00 bits per heavy atom. The van der Waals surface area contributed by atoms with Crippen molar-refractivity contribution in [1.82, 2.24) is 0 Å². The maximum Gasteiger partial charge on any atom is 0.340 e. The van der Waals surface area contributed by atoms with Crippen molar-refractivity contribution in [3.05, 3.63) is 35.1 Å². The molecule has 1 rings (SSSR count). The van der Waals surface area contributed by atoms with Crippen LogP contribution in [-0.4, -0.2) is 32.9 Å². The summed E-state index contributed by atoms with van der Waals surface area (Å²) < 4.78 is 28.4. The zero-order valence-corrected chi connectivity index (χ0v) is 10.6. The minimum Gasteiger partial charge on any atom is -0.465 e. The van der Waals surface area contributed by atoms with Gasteiger partial charge in [0.15, 0.2) is 0 Å². The monoisotopic (exact) mass is 256 g/mol. The van der Waals surface area contributed by atoms with Crippen LogP contribution in [0.15, 0.2) is 18.2 Å². The molecular formula is C13H17FO4. The molecule has 0 aliphatic carbocycles. The summed E-state index contributed by atoms with van der Waals surface area (Å²) in [5.74, 6) is -1.29. The fourth-order valence-corrected chi connectivity index (χ4v) is 1.38. The molecule has 5 heteroatoms. The lowest BCUT2D eigenvalue weighted by atomic mass is 10.1. The third-order valence-electron chi connectivity index (χ3n) is 2.28. The molecule has 0 N–H and O–H groups in total. The summed E-state index contributed by atoms with van der Waals surface area (Å²) in [6, 6.07) is 4.30. The highest BCUT2D eigenvalue weighted by Crippen LogP contribution is 2.12. The van der Waals surface area contributed by atoms with E-state index in [4.69, 9.17) is 9.47 Å². The molecule has 1 aromatic carbocycles. The largest absolute Gasteiger partial charge is 0.465 e. The molecule has 0 saturated heterocycles. The molecule has 0 fully saturated rings. The molecule has 0 amide bonds. The minimum atomic E-state index is -0.684. The lowest BCUT2D eigenvalue weighted by Crippen LogP contribution is -2.06. The Labute approximate surface area is 106 Å². The molecule has 0 radical (unpaired) electrons. The number of carbonyl (C=O) groups is 1. The summed E-state index contributed by atoms with van der Waals surface area (Å²) in [6.07, 6.45) is 0. The van der Waals surface area contributed by atoms with Gasteiger partial charge in [0.1, 0.15) is 5.82 Å². The van der Waals surface area contributed by atoms with Crippen LogP contribution in [0.1, 0.15) is 22.8 Å². The van der Waals surface area contributed by atoms with Crippen LogP contribution in [0.3, 0.4) is 0 Å². The highest BCUT2D eigenvalue weighted by atomic mass is 19.1. The van der Waals surface area contributed by atoms with Crippen molar-refractivity contribution in [3.63, 3.8) is 0 Å². The number of rotatable bonds is 7. The van der Waals surface area contributed by atoms with E-state index in [1.807, 2.05) is 6.92 Å². The van der Waals surface area contributed by atoms with Crippen LogP contribution in [0, 0.1) is 5.82 Å². The maximum atomic E-state index is 13.5. The second-order valence-electron chi connectivity index (χ2n) is 3.56. The first kappa shape index (κ1) is 14.6. The lowest BCUT2D eigenvalue weighted by Gasteiger charge is -2.06. The minimum absolute atomic E-state index is 0.0735. The van der Waals surface area contributed by atoms with E-state index in [1.54, 1.807) is 6.07 Å². The lowest BCUT2D eigenvalue weighted by molar-refractivity contribution is 0.0452. The first-order chi connectivity index (χ1) is 8.69. The number of hydrogen-bond acceptors (Lipinski definition) is 4. The maximum absolute atomic E-state index is 13.5. The third-order valence-corrected chi connectivity index (χ3v) is 2.28. The number of carbonyl (C=O) groups excluding carboxylic acids is 1. The van der Waals surface area contributed by atoms with E-state index >= 15 is 0 Å². The van der Waals surface area contributed by atoms with Gasteiger partial charge in [0.25, 0.3) is 0 Å². The van der Waals surface area contributed by atoms with Crippen molar-refractivity contribution in [2.24, 2.45) is 0 Å². The van der Waals surface area contributed by atoms with Gasteiger partial charge in [-0.1, -0.05) is 6.07 Å². The zero-order valence-electron chi connectivity index (χ0n) is 10.6. The van der Waals surface area contributed by atoms with Crippen molar-refractivity contribution in [3.8, 4) is 0 Å². The van der Waals surface area contributed by atoms with E-state index in [0.717, 1.165) is 0 Å². The van der Waals surface area contributed by atoms with Crippen LogP contribution in [-0.2, 0) is 20.8 Å². The average molecular weight is 256 g/mol. The van der Waals surface area contributed by atoms with Gasteiger partial charge < -0.3 is 14.2 Å². The fraction of sp³-hybridized carbons (Fsp3) is 0.462. The van der Waals surface area contributed by atoms with Gasteiger partial charge in [-0.05, 0) is 24.6 Å². The smallest absolute Gasteiger partial charge is 0.340 e. The third kappa shape index (κ3) is 4.43. The van der Waals surface area contributed by atoms with Crippen molar-refractivity contribution in [1.29, 1.82) is 0 Å². The van der Waals surface area contributed by atoms with Gasteiger partial charge in [0.05, 0.1) is 32.5 Å². The van der Waals surface area contributed by atoms with Crippen LogP contribution in [0.4, 0.5) is 4.39 Å². The molecule has 0 aliphatic heterocycles. The Morgan fingerprint density at radius 1 is 1.28 bits per heavy atom. The van der Waals surface area contributed by atoms with E-state index in [1.165, 1.54) is 19.2 Å². The Balaban J connectivity index is 2.49. The predicted molar refractivity (Wildman–Crippen MR) is 63.9 cm³/mol. The number of benzene rings is 1. The SMILES string of the molecule is CCOCCOCc1ccc(C(=O)OC)c(F)c1. The summed E-state index contributed by atoms with van der Waals surface area (Å²) in [4.78, 5) is 11.2. The standard InChI is InChI=1S/C13H17FO4/c1-3-17-6-7-18-9-10-4-5-11(12(14)8-10)13(15)16-2/h4-5,8H,3,6-7,9H2,1-2H3. The van der Waals surface area contributed by atoms with Crippen LogP contribution < -0.4 is 0 Å². The summed E-state index contributed by atoms with van der Waals surface area (Å²) in [6.45, 7) is 3.80. The van der Waals surface area contributed by atoms with Gasteiger partial charge in [-0.25, -0.2) is 9.18 Å². The van der Waals surface area contributed by atoms with Crippen LogP contribution in [0.25, 0.3) is 0 Å². The van der Waals surface area contributed by atoms with Gasteiger partial charge >= 0.3 is 5.97 Å². The molecule has 0 aliphatic rings. The highest BCUT2D eigenvalue weighted by Gasteiger charge is 2.12. The van der Waals surface area contributed by atoms with Gasteiger partial charge in [0.2, 0.25) is 0 Å². The Hall–Kier alpha value is -1.46. The Kier molecular flexibility index (Phi) is 6.32. The molecule has 0 spiro atoms. The van der Waals surface area contributed by atoms with E-state index in [0.29, 0.717) is 25.4 Å². The van der Waals surface area contributed by atoms with Crippen LogP contribution >= 0.6 is 0 Å². The second kappa shape index (κ2) is 7.79. The fourth-order valence-electron chi connectivity index (χ4n) is 1.38. The topological polar surface area (TPSA) is 44.8 Å². The molecule has 4 nitrogen and oxygen atoms in total. The molecule has 1 aromatic rings. The van der Waals surface area contributed by atoms with Crippen LogP contribution in [0.2, 0.25) is 0 Å². The number of halogens is 1. The molecular weight excluding hydrogens is 239 g/mol. The van der Waals surface area contributed by atoms with Gasteiger partial charge in [0, 0.05) is 6.61 Å². The van der Waals surface area contributed by atoms with Crippen molar-refractivity contribution in [2.45, 2.75) is 13.5 Å². The number of hydrogen-bond donors (Lipinski definition) is 0. The van der Waals surface area contributed by atoms with E-state index in [-0.39, 0.29) is 12.2 Å². The number of esters is 1. The Morgan fingerprint density at radius 3 is 2.61 bits per heavy atom. The molecule has 0 saturated carbocycles. The average Bonchev–Trinajstić information content (AvgIpc) is 2.38. The Bertz CT molecular complexity index is 393. The van der Waals surface area contributed by atoms with Crippen molar-refractivity contribution in [2.75, 3.05) is 26.9 Å². The van der Waals surface area contributed by atoms with E-state index in [9.17, 15) is 9.18 Å². The van der Waals surface area contributed by atoms with E-state index < -0.39 is 11.8 Å². The normalized spacial score (nSPS) is 10.4. The van der Waals surface area contributed by atoms with Gasteiger partial charge in [-0.2, -0.15) is 0 Å². The summed E-state index contributed by atoms with van der Waals surface area (Å²) >= 11 is 0. The predicted octanol–water partition coefficient (Wildman–Crippen LogP) is 2.17. The van der Waals surface area contributed by atoms with Crippen LogP contribution in [0.5, 0.6) is 0 Å². The molecule has 0 bridgehead atoms.